The average Bonchev–Trinajstić information content (AvgIpc) is 1.90. The Balaban J connectivity index is 3.97. The smallest absolute Gasteiger partial charge is 0.110 e. The molecule has 0 aromatic carbocycles. The van der Waals surface area contributed by atoms with E-state index in [1.54, 1.807) is 7.11 Å². The molecule has 1 atom stereocenters. The molecule has 3 nitrogen and oxygen atoms in total. The Morgan fingerprint density at radius 3 is 2.10 bits per heavy atom. The molecule has 0 aliphatic carbocycles. The molecule has 3 heteroatoms. The molecule has 10 heavy (non-hydrogen) atoms. The summed E-state index contributed by atoms with van der Waals surface area (Å²) < 4.78 is 5.15. The number of hydrogen-bond donors (Lipinski definition) is 1. The third-order valence-electron chi connectivity index (χ3n) is 1.73. The summed E-state index contributed by atoms with van der Waals surface area (Å²) in [6, 6.07) is 0. The first-order chi connectivity index (χ1) is 4.58. The van der Waals surface area contributed by atoms with Crippen molar-refractivity contribution in [2.75, 3.05) is 7.11 Å². The molecule has 0 aromatic rings. The summed E-state index contributed by atoms with van der Waals surface area (Å²) in [4.78, 5) is 4.76. The van der Waals surface area contributed by atoms with Crippen molar-refractivity contribution in [2.45, 2.75) is 38.9 Å². The van der Waals surface area contributed by atoms with Crippen molar-refractivity contribution >= 4 is 0 Å². The van der Waals surface area contributed by atoms with Gasteiger partial charge in [-0.1, -0.05) is 6.92 Å². The van der Waals surface area contributed by atoms with E-state index in [0.29, 0.717) is 0 Å². The predicted octanol–water partition coefficient (Wildman–Crippen LogP) is 1.08. The molecular formula is C7H17NO2. The molecule has 62 valence electrons. The Labute approximate surface area is 62.4 Å². The van der Waals surface area contributed by atoms with Crippen molar-refractivity contribution < 1.29 is 9.57 Å². The van der Waals surface area contributed by atoms with Crippen molar-refractivity contribution in [1.82, 2.24) is 0 Å². The SMILES string of the molecule is CCC(OC)C(C)(C)ON. The zero-order valence-electron chi connectivity index (χ0n) is 7.18. The normalized spacial score (nSPS) is 15.3. The average molecular weight is 147 g/mol. The summed E-state index contributed by atoms with van der Waals surface area (Å²) in [5.41, 5.74) is -0.385. The van der Waals surface area contributed by atoms with E-state index < -0.39 is 0 Å². The fraction of sp³-hybridized carbons (Fsp3) is 1.00. The molecule has 0 aromatic heterocycles. The summed E-state index contributed by atoms with van der Waals surface area (Å²) in [6.07, 6.45) is 0.971. The van der Waals surface area contributed by atoms with Crippen molar-refractivity contribution in [1.29, 1.82) is 0 Å². The zero-order valence-corrected chi connectivity index (χ0v) is 7.18. The molecule has 0 fully saturated rings. The second-order valence-corrected chi connectivity index (χ2v) is 2.85. The summed E-state index contributed by atoms with van der Waals surface area (Å²) in [6.45, 7) is 5.85. The van der Waals surface area contributed by atoms with Crippen LogP contribution in [-0.2, 0) is 9.57 Å². The van der Waals surface area contributed by atoms with Crippen LogP contribution in [0.5, 0.6) is 0 Å². The van der Waals surface area contributed by atoms with Crippen molar-refractivity contribution in [3.8, 4) is 0 Å². The molecule has 0 saturated heterocycles. The minimum Gasteiger partial charge on any atom is -0.378 e. The van der Waals surface area contributed by atoms with Gasteiger partial charge in [-0.15, -0.1) is 0 Å². The first kappa shape index (κ1) is 9.88. The molecule has 0 radical (unpaired) electrons. The zero-order chi connectivity index (χ0) is 8.20. The highest BCUT2D eigenvalue weighted by atomic mass is 16.6. The molecular weight excluding hydrogens is 130 g/mol. The monoisotopic (exact) mass is 147 g/mol. The highest BCUT2D eigenvalue weighted by Gasteiger charge is 2.28. The van der Waals surface area contributed by atoms with E-state index in [1.165, 1.54) is 0 Å². The highest BCUT2D eigenvalue weighted by Crippen LogP contribution is 2.17. The van der Waals surface area contributed by atoms with Gasteiger partial charge in [0.05, 0.1) is 6.10 Å². The summed E-state index contributed by atoms with van der Waals surface area (Å²) >= 11 is 0. The Morgan fingerprint density at radius 1 is 1.50 bits per heavy atom. The number of methoxy groups -OCH3 is 1. The van der Waals surface area contributed by atoms with Crippen LogP contribution in [0.25, 0.3) is 0 Å². The second kappa shape index (κ2) is 3.91. The van der Waals surface area contributed by atoms with Crippen LogP contribution in [0.15, 0.2) is 0 Å². The molecule has 0 rings (SSSR count). The first-order valence-corrected chi connectivity index (χ1v) is 3.49. The van der Waals surface area contributed by atoms with Gasteiger partial charge in [0.25, 0.3) is 0 Å². The van der Waals surface area contributed by atoms with Gasteiger partial charge in [0, 0.05) is 7.11 Å². The van der Waals surface area contributed by atoms with Gasteiger partial charge in [-0.25, -0.2) is 5.90 Å². The Hall–Kier alpha value is -0.120. The lowest BCUT2D eigenvalue weighted by Crippen LogP contribution is -2.42. The van der Waals surface area contributed by atoms with E-state index >= 15 is 0 Å². The van der Waals surface area contributed by atoms with E-state index in [9.17, 15) is 0 Å². The lowest BCUT2D eigenvalue weighted by Gasteiger charge is -2.29. The summed E-state index contributed by atoms with van der Waals surface area (Å²) in [5.74, 6) is 5.08. The third kappa shape index (κ3) is 2.25. The lowest BCUT2D eigenvalue weighted by molar-refractivity contribution is -0.118. The molecule has 0 heterocycles. The van der Waals surface area contributed by atoms with Gasteiger partial charge in [0.2, 0.25) is 0 Å². The quantitative estimate of drug-likeness (QED) is 0.605. The molecule has 0 aliphatic rings. The van der Waals surface area contributed by atoms with Gasteiger partial charge in [-0.3, -0.25) is 4.84 Å². The molecule has 0 spiro atoms. The Morgan fingerprint density at radius 2 is 2.00 bits per heavy atom. The molecule has 2 N–H and O–H groups in total. The molecule has 0 bridgehead atoms. The van der Waals surface area contributed by atoms with Crippen LogP contribution in [0.4, 0.5) is 0 Å². The Kier molecular flexibility index (Phi) is 3.86. The minimum absolute atomic E-state index is 0.0671. The fourth-order valence-electron chi connectivity index (χ4n) is 1.02. The molecule has 0 amide bonds. The summed E-state index contributed by atoms with van der Waals surface area (Å²) in [5, 5.41) is 0. The van der Waals surface area contributed by atoms with Gasteiger partial charge in [0.1, 0.15) is 5.60 Å². The highest BCUT2D eigenvalue weighted by molar-refractivity contribution is 4.77. The van der Waals surface area contributed by atoms with Crippen LogP contribution < -0.4 is 5.90 Å². The van der Waals surface area contributed by atoms with Gasteiger partial charge in [-0.2, -0.15) is 0 Å². The van der Waals surface area contributed by atoms with E-state index in [2.05, 4.69) is 0 Å². The van der Waals surface area contributed by atoms with Gasteiger partial charge in [-0.05, 0) is 20.3 Å². The van der Waals surface area contributed by atoms with Crippen LogP contribution >= 0.6 is 0 Å². The lowest BCUT2D eigenvalue weighted by atomic mass is 10.00. The Bertz CT molecular complexity index is 89.6. The molecule has 0 saturated carbocycles. The van der Waals surface area contributed by atoms with Gasteiger partial charge >= 0.3 is 0 Å². The number of hydrogen-bond acceptors (Lipinski definition) is 3. The fourth-order valence-corrected chi connectivity index (χ4v) is 1.02. The van der Waals surface area contributed by atoms with Crippen molar-refractivity contribution in [2.24, 2.45) is 5.90 Å². The first-order valence-electron chi connectivity index (χ1n) is 3.49. The number of ether oxygens (including phenoxy) is 1. The standard InChI is InChI=1S/C7H17NO2/c1-5-6(9-4)7(2,3)10-8/h6H,5,8H2,1-4H3. The third-order valence-corrected chi connectivity index (χ3v) is 1.73. The van der Waals surface area contributed by atoms with Gasteiger partial charge in [0.15, 0.2) is 0 Å². The van der Waals surface area contributed by atoms with Crippen LogP contribution in [0.2, 0.25) is 0 Å². The van der Waals surface area contributed by atoms with Crippen molar-refractivity contribution in [3.05, 3.63) is 0 Å². The maximum absolute atomic E-state index is 5.15. The molecule has 1 unspecified atom stereocenters. The predicted molar refractivity (Wildman–Crippen MR) is 40.4 cm³/mol. The van der Waals surface area contributed by atoms with Crippen LogP contribution in [0.3, 0.4) is 0 Å². The van der Waals surface area contributed by atoms with Crippen molar-refractivity contribution in [3.63, 3.8) is 0 Å². The van der Waals surface area contributed by atoms with E-state index in [4.69, 9.17) is 15.5 Å². The second-order valence-electron chi connectivity index (χ2n) is 2.85. The van der Waals surface area contributed by atoms with E-state index in [0.717, 1.165) is 6.42 Å². The van der Waals surface area contributed by atoms with Gasteiger partial charge < -0.3 is 4.74 Å². The van der Waals surface area contributed by atoms with Crippen LogP contribution in [0.1, 0.15) is 27.2 Å². The maximum atomic E-state index is 5.15. The van der Waals surface area contributed by atoms with E-state index in [-0.39, 0.29) is 11.7 Å². The number of rotatable bonds is 4. The summed E-state index contributed by atoms with van der Waals surface area (Å²) in [7, 11) is 1.66. The van der Waals surface area contributed by atoms with E-state index in [1.807, 2.05) is 20.8 Å². The molecule has 0 aliphatic heterocycles. The minimum atomic E-state index is -0.385. The number of nitrogens with two attached hydrogens (primary N) is 1. The van der Waals surface area contributed by atoms with Crippen LogP contribution in [-0.4, -0.2) is 18.8 Å². The topological polar surface area (TPSA) is 44.5 Å². The maximum Gasteiger partial charge on any atom is 0.110 e. The largest absolute Gasteiger partial charge is 0.378 e. The van der Waals surface area contributed by atoms with Crippen LogP contribution in [0, 0.1) is 0 Å².